The van der Waals surface area contributed by atoms with E-state index in [4.69, 9.17) is 11.6 Å². The van der Waals surface area contributed by atoms with Crippen LogP contribution in [0.25, 0.3) is 22.4 Å². The fourth-order valence-corrected chi connectivity index (χ4v) is 3.08. The van der Waals surface area contributed by atoms with Crippen molar-refractivity contribution in [2.45, 2.75) is 39.8 Å². The van der Waals surface area contributed by atoms with E-state index in [9.17, 15) is 4.79 Å². The van der Waals surface area contributed by atoms with Gasteiger partial charge in [0.25, 0.3) is 5.91 Å². The van der Waals surface area contributed by atoms with Crippen LogP contribution in [0.4, 0.5) is 0 Å². The van der Waals surface area contributed by atoms with E-state index in [0.717, 1.165) is 28.9 Å². The molecule has 0 bridgehead atoms. The Hall–Kier alpha value is -2.59. The molecule has 0 aliphatic heterocycles. The van der Waals surface area contributed by atoms with Gasteiger partial charge in [-0.25, -0.2) is 0 Å². The second-order valence-corrected chi connectivity index (χ2v) is 7.98. The Morgan fingerprint density at radius 1 is 1.04 bits per heavy atom. The average molecular weight is 382 g/mol. The van der Waals surface area contributed by atoms with Gasteiger partial charge in [0.05, 0.1) is 5.69 Å². The van der Waals surface area contributed by atoms with Gasteiger partial charge in [-0.2, -0.15) is 5.10 Å². The quantitative estimate of drug-likeness (QED) is 0.656. The lowest BCUT2D eigenvalue weighted by molar-refractivity contribution is 0.0919. The molecular weight excluding hydrogens is 358 g/mol. The fraction of sp³-hybridized carbons (Fsp3) is 0.273. The van der Waals surface area contributed by atoms with Crippen molar-refractivity contribution in [2.75, 3.05) is 0 Å². The predicted octanol–water partition coefficient (Wildman–Crippen LogP) is 5.42. The highest BCUT2D eigenvalue weighted by Crippen LogP contribution is 2.29. The monoisotopic (exact) mass is 381 g/mol. The molecule has 0 unspecified atom stereocenters. The molecule has 0 radical (unpaired) electrons. The summed E-state index contributed by atoms with van der Waals surface area (Å²) >= 11 is 6.03. The molecule has 4 nitrogen and oxygen atoms in total. The summed E-state index contributed by atoms with van der Waals surface area (Å²) in [4.78, 5) is 12.8. The molecule has 1 amide bonds. The summed E-state index contributed by atoms with van der Waals surface area (Å²) < 4.78 is 1.92. The molecule has 1 N–H and O–H groups in total. The lowest BCUT2D eigenvalue weighted by Gasteiger charge is -2.21. The summed E-state index contributed by atoms with van der Waals surface area (Å²) in [5.41, 5.74) is 4.23. The van der Waals surface area contributed by atoms with Crippen LogP contribution in [0.1, 0.15) is 38.1 Å². The Bertz CT molecular complexity index is 952. The maximum atomic E-state index is 12.8. The van der Waals surface area contributed by atoms with Crippen molar-refractivity contribution in [3.8, 4) is 22.4 Å². The Morgan fingerprint density at radius 3 is 2.33 bits per heavy atom. The van der Waals surface area contributed by atoms with E-state index in [0.29, 0.717) is 10.6 Å². The van der Waals surface area contributed by atoms with Crippen LogP contribution >= 0.6 is 11.6 Å². The normalized spacial score (nSPS) is 11.4. The molecular formula is C22H24ClN3O. The number of hydrogen-bond acceptors (Lipinski definition) is 2. The van der Waals surface area contributed by atoms with Gasteiger partial charge in [-0.05, 0) is 75.2 Å². The highest BCUT2D eigenvalue weighted by Gasteiger charge is 2.18. The number of halogens is 1. The van der Waals surface area contributed by atoms with E-state index in [1.54, 1.807) is 6.20 Å². The maximum Gasteiger partial charge on any atom is 0.251 e. The molecule has 1 heterocycles. The lowest BCUT2D eigenvalue weighted by atomic mass is 9.97. The second kappa shape index (κ2) is 7.57. The number of nitrogens with zero attached hydrogens (tertiary/aromatic N) is 2. The summed E-state index contributed by atoms with van der Waals surface area (Å²) in [6.07, 6.45) is 1.78. The van der Waals surface area contributed by atoms with Gasteiger partial charge in [-0.3, -0.25) is 9.48 Å². The summed E-state index contributed by atoms with van der Waals surface area (Å²) in [6.45, 7) is 8.73. The van der Waals surface area contributed by atoms with E-state index in [1.165, 1.54) is 0 Å². The van der Waals surface area contributed by atoms with Gasteiger partial charge in [0, 0.05) is 34.4 Å². The second-order valence-electron chi connectivity index (χ2n) is 7.54. The molecule has 3 rings (SSSR count). The first-order valence-electron chi connectivity index (χ1n) is 9.02. The zero-order valence-corrected chi connectivity index (χ0v) is 16.8. The maximum absolute atomic E-state index is 12.8. The predicted molar refractivity (Wildman–Crippen MR) is 111 cm³/mol. The molecule has 1 aromatic heterocycles. The average Bonchev–Trinajstić information content (AvgIpc) is 3.09. The van der Waals surface area contributed by atoms with Gasteiger partial charge in [0.15, 0.2) is 0 Å². The zero-order chi connectivity index (χ0) is 19.6. The standard InChI is InChI=1S/C22H24ClN3O/c1-5-26-20(10-11-24-26)17-12-16(15-6-8-19(23)9-7-15)13-18(14-17)21(27)25-22(2,3)4/h6-14H,5H2,1-4H3,(H,25,27). The number of aryl methyl sites for hydroxylation is 1. The van der Waals surface area contributed by atoms with Crippen LogP contribution in [0.15, 0.2) is 54.7 Å². The zero-order valence-electron chi connectivity index (χ0n) is 16.1. The third-order valence-electron chi connectivity index (χ3n) is 4.17. The van der Waals surface area contributed by atoms with Crippen LogP contribution in [0.3, 0.4) is 0 Å². The topological polar surface area (TPSA) is 46.9 Å². The third-order valence-corrected chi connectivity index (χ3v) is 4.43. The molecule has 0 saturated heterocycles. The molecule has 5 heteroatoms. The minimum atomic E-state index is -0.307. The molecule has 0 saturated carbocycles. The largest absolute Gasteiger partial charge is 0.347 e. The lowest BCUT2D eigenvalue weighted by Crippen LogP contribution is -2.40. The van der Waals surface area contributed by atoms with E-state index in [1.807, 2.05) is 74.8 Å². The number of carbonyl (C=O) groups excluding carboxylic acids is 1. The summed E-state index contributed by atoms with van der Waals surface area (Å²) in [5.74, 6) is -0.0953. The SMILES string of the molecule is CCn1nccc1-c1cc(C(=O)NC(C)(C)C)cc(-c2ccc(Cl)cc2)c1. The molecule has 3 aromatic rings. The molecule has 2 aromatic carbocycles. The number of amides is 1. The molecule has 0 atom stereocenters. The van der Waals surface area contributed by atoms with Crippen molar-refractivity contribution in [2.24, 2.45) is 0 Å². The van der Waals surface area contributed by atoms with E-state index >= 15 is 0 Å². The van der Waals surface area contributed by atoms with E-state index < -0.39 is 0 Å². The minimum Gasteiger partial charge on any atom is -0.347 e. The smallest absolute Gasteiger partial charge is 0.251 e. The molecule has 140 valence electrons. The van der Waals surface area contributed by atoms with Crippen LogP contribution in [0.2, 0.25) is 5.02 Å². The van der Waals surface area contributed by atoms with Gasteiger partial charge >= 0.3 is 0 Å². The van der Waals surface area contributed by atoms with Crippen LogP contribution in [-0.2, 0) is 6.54 Å². The van der Waals surface area contributed by atoms with Crippen molar-refractivity contribution >= 4 is 17.5 Å². The number of carbonyl (C=O) groups is 1. The van der Waals surface area contributed by atoms with Gasteiger partial charge in [-0.1, -0.05) is 23.7 Å². The first-order chi connectivity index (χ1) is 12.8. The van der Waals surface area contributed by atoms with Gasteiger partial charge < -0.3 is 5.32 Å². The van der Waals surface area contributed by atoms with E-state index in [-0.39, 0.29) is 11.4 Å². The van der Waals surface area contributed by atoms with Crippen LogP contribution in [-0.4, -0.2) is 21.2 Å². The molecule has 0 fully saturated rings. The van der Waals surface area contributed by atoms with Gasteiger partial charge in [0.2, 0.25) is 0 Å². The highest BCUT2D eigenvalue weighted by atomic mass is 35.5. The van der Waals surface area contributed by atoms with Crippen molar-refractivity contribution in [3.05, 3.63) is 65.3 Å². The minimum absolute atomic E-state index is 0.0953. The molecule has 0 spiro atoms. The third kappa shape index (κ3) is 4.58. The van der Waals surface area contributed by atoms with Crippen LogP contribution < -0.4 is 5.32 Å². The van der Waals surface area contributed by atoms with Crippen molar-refractivity contribution in [3.63, 3.8) is 0 Å². The summed E-state index contributed by atoms with van der Waals surface area (Å²) in [6, 6.07) is 15.5. The number of hydrogen-bond donors (Lipinski definition) is 1. The molecule has 27 heavy (non-hydrogen) atoms. The van der Waals surface area contributed by atoms with Crippen LogP contribution in [0, 0.1) is 0 Å². The Labute approximate surface area is 165 Å². The Morgan fingerprint density at radius 2 is 1.70 bits per heavy atom. The molecule has 0 aliphatic carbocycles. The number of benzene rings is 2. The van der Waals surface area contributed by atoms with Gasteiger partial charge in [0.1, 0.15) is 0 Å². The highest BCUT2D eigenvalue weighted by molar-refractivity contribution is 6.30. The summed E-state index contributed by atoms with van der Waals surface area (Å²) in [5, 5.41) is 8.08. The number of rotatable bonds is 4. The van der Waals surface area contributed by atoms with E-state index in [2.05, 4.69) is 16.5 Å². The van der Waals surface area contributed by atoms with Crippen LogP contribution in [0.5, 0.6) is 0 Å². The van der Waals surface area contributed by atoms with Crippen molar-refractivity contribution in [1.29, 1.82) is 0 Å². The number of nitrogens with one attached hydrogen (secondary N) is 1. The fourth-order valence-electron chi connectivity index (χ4n) is 2.96. The van der Waals surface area contributed by atoms with Gasteiger partial charge in [-0.15, -0.1) is 0 Å². The summed E-state index contributed by atoms with van der Waals surface area (Å²) in [7, 11) is 0. The first-order valence-corrected chi connectivity index (χ1v) is 9.40. The van der Waals surface area contributed by atoms with Crippen molar-refractivity contribution < 1.29 is 4.79 Å². The Kier molecular flexibility index (Phi) is 5.38. The Balaban J connectivity index is 2.13. The number of aromatic nitrogens is 2. The van der Waals surface area contributed by atoms with Crippen molar-refractivity contribution in [1.82, 2.24) is 15.1 Å². The molecule has 0 aliphatic rings. The first kappa shape index (κ1) is 19.2.